The molecule has 0 amide bonds. The number of nitrogens with one attached hydrogen (secondary N) is 1. The van der Waals surface area contributed by atoms with Crippen molar-refractivity contribution in [3.63, 3.8) is 0 Å². The third-order valence-corrected chi connectivity index (χ3v) is 3.08. The van der Waals surface area contributed by atoms with E-state index >= 15 is 0 Å². The maximum absolute atomic E-state index is 12.2. The fourth-order valence-corrected chi connectivity index (χ4v) is 2.07. The molecule has 6 heteroatoms. The SMILES string of the molecule is CCc1[nH]c2c(OCC(F)(F)F)cccc2c(=O)c1C. The summed E-state index contributed by atoms with van der Waals surface area (Å²) < 4.78 is 41.5. The number of pyridine rings is 1. The lowest BCUT2D eigenvalue weighted by Crippen LogP contribution is -2.20. The summed E-state index contributed by atoms with van der Waals surface area (Å²) in [6.45, 7) is 2.17. The van der Waals surface area contributed by atoms with Crippen molar-refractivity contribution < 1.29 is 17.9 Å². The Morgan fingerprint density at radius 3 is 2.60 bits per heavy atom. The average molecular weight is 285 g/mol. The van der Waals surface area contributed by atoms with Crippen LogP contribution in [0.5, 0.6) is 5.75 Å². The first kappa shape index (κ1) is 14.4. The lowest BCUT2D eigenvalue weighted by molar-refractivity contribution is -0.153. The monoisotopic (exact) mass is 285 g/mol. The summed E-state index contributed by atoms with van der Waals surface area (Å²) in [6, 6.07) is 4.49. The van der Waals surface area contributed by atoms with E-state index in [0.29, 0.717) is 28.6 Å². The van der Waals surface area contributed by atoms with E-state index in [-0.39, 0.29) is 11.2 Å². The molecule has 2 aromatic rings. The second kappa shape index (κ2) is 5.19. The standard InChI is InChI=1S/C14H14F3NO2/c1-3-10-8(2)13(19)9-5-4-6-11(12(9)18-10)20-7-14(15,16)17/h4-6H,3,7H2,1-2H3,(H,18,19). The molecule has 0 aliphatic heterocycles. The highest BCUT2D eigenvalue weighted by Gasteiger charge is 2.28. The van der Waals surface area contributed by atoms with Gasteiger partial charge in [-0.1, -0.05) is 13.0 Å². The van der Waals surface area contributed by atoms with Gasteiger partial charge in [-0.05, 0) is 25.5 Å². The van der Waals surface area contributed by atoms with Crippen molar-refractivity contribution in [2.75, 3.05) is 6.61 Å². The van der Waals surface area contributed by atoms with Crippen molar-refractivity contribution in [3.05, 3.63) is 39.7 Å². The van der Waals surface area contributed by atoms with Crippen LogP contribution in [-0.2, 0) is 6.42 Å². The second-order valence-electron chi connectivity index (χ2n) is 4.49. The molecule has 0 spiro atoms. The summed E-state index contributed by atoms with van der Waals surface area (Å²) in [5.41, 5.74) is 1.40. The van der Waals surface area contributed by atoms with E-state index in [1.165, 1.54) is 12.1 Å². The topological polar surface area (TPSA) is 42.1 Å². The van der Waals surface area contributed by atoms with Crippen LogP contribution in [0.2, 0.25) is 0 Å². The van der Waals surface area contributed by atoms with E-state index < -0.39 is 12.8 Å². The van der Waals surface area contributed by atoms with Crippen LogP contribution < -0.4 is 10.2 Å². The Labute approximate surface area is 113 Å². The largest absolute Gasteiger partial charge is 0.482 e. The van der Waals surface area contributed by atoms with E-state index in [1.807, 2.05) is 6.92 Å². The normalized spacial score (nSPS) is 11.8. The van der Waals surface area contributed by atoms with Gasteiger partial charge in [-0.3, -0.25) is 4.79 Å². The summed E-state index contributed by atoms with van der Waals surface area (Å²) in [7, 11) is 0. The lowest BCUT2D eigenvalue weighted by Gasteiger charge is -2.13. The van der Waals surface area contributed by atoms with Crippen molar-refractivity contribution in [1.82, 2.24) is 4.98 Å². The molecule has 0 bridgehead atoms. The first-order chi connectivity index (χ1) is 9.33. The Kier molecular flexibility index (Phi) is 3.74. The molecule has 0 aliphatic rings. The number of aromatic nitrogens is 1. The highest BCUT2D eigenvalue weighted by Crippen LogP contribution is 2.25. The maximum Gasteiger partial charge on any atom is 0.422 e. The highest BCUT2D eigenvalue weighted by atomic mass is 19.4. The number of benzene rings is 1. The van der Waals surface area contributed by atoms with Crippen LogP contribution >= 0.6 is 0 Å². The fraction of sp³-hybridized carbons (Fsp3) is 0.357. The zero-order chi connectivity index (χ0) is 14.9. The first-order valence-corrected chi connectivity index (χ1v) is 6.17. The summed E-state index contributed by atoms with van der Waals surface area (Å²) in [5.74, 6) is 0.0339. The number of hydrogen-bond donors (Lipinski definition) is 1. The van der Waals surface area contributed by atoms with Crippen molar-refractivity contribution in [3.8, 4) is 5.75 Å². The van der Waals surface area contributed by atoms with Crippen LogP contribution in [0, 0.1) is 6.92 Å². The minimum absolute atomic E-state index is 0.0339. The Balaban J connectivity index is 2.57. The molecule has 1 heterocycles. The Morgan fingerprint density at radius 1 is 1.30 bits per heavy atom. The van der Waals surface area contributed by atoms with Crippen molar-refractivity contribution >= 4 is 10.9 Å². The second-order valence-corrected chi connectivity index (χ2v) is 4.49. The molecule has 0 fully saturated rings. The van der Waals surface area contributed by atoms with Crippen LogP contribution in [0.1, 0.15) is 18.2 Å². The number of halogens is 3. The molecule has 1 aromatic carbocycles. The average Bonchev–Trinajstić information content (AvgIpc) is 2.39. The molecule has 0 saturated carbocycles. The smallest absolute Gasteiger partial charge is 0.422 e. The van der Waals surface area contributed by atoms with Crippen molar-refractivity contribution in [1.29, 1.82) is 0 Å². The van der Waals surface area contributed by atoms with Gasteiger partial charge in [-0.25, -0.2) is 0 Å². The van der Waals surface area contributed by atoms with Crippen LogP contribution in [-0.4, -0.2) is 17.8 Å². The molecule has 0 atom stereocenters. The Bertz CT molecular complexity index is 689. The van der Waals surface area contributed by atoms with E-state index in [0.717, 1.165) is 0 Å². The van der Waals surface area contributed by atoms with E-state index in [4.69, 9.17) is 4.74 Å². The minimum atomic E-state index is -4.42. The number of H-pyrrole nitrogens is 1. The molecule has 0 radical (unpaired) electrons. The molecule has 3 nitrogen and oxygen atoms in total. The van der Waals surface area contributed by atoms with Gasteiger partial charge >= 0.3 is 6.18 Å². The van der Waals surface area contributed by atoms with E-state index in [1.54, 1.807) is 13.0 Å². The molecular weight excluding hydrogens is 271 g/mol. The third kappa shape index (κ3) is 2.79. The number of ether oxygens (including phenoxy) is 1. The van der Waals surface area contributed by atoms with Gasteiger partial charge < -0.3 is 9.72 Å². The predicted octanol–water partition coefficient (Wildman–Crippen LogP) is 3.34. The number of para-hydroxylation sites is 1. The van der Waals surface area contributed by atoms with Gasteiger partial charge in [0, 0.05) is 16.6 Å². The number of rotatable bonds is 3. The van der Waals surface area contributed by atoms with Gasteiger partial charge in [-0.15, -0.1) is 0 Å². The van der Waals surface area contributed by atoms with Gasteiger partial charge in [0.15, 0.2) is 12.0 Å². The third-order valence-electron chi connectivity index (χ3n) is 3.08. The number of aryl methyl sites for hydroxylation is 1. The van der Waals surface area contributed by atoms with Gasteiger partial charge in [0.05, 0.1) is 5.52 Å². The molecule has 2 rings (SSSR count). The van der Waals surface area contributed by atoms with Crippen molar-refractivity contribution in [2.24, 2.45) is 0 Å². The zero-order valence-corrected chi connectivity index (χ0v) is 11.1. The zero-order valence-electron chi connectivity index (χ0n) is 11.1. The lowest BCUT2D eigenvalue weighted by atomic mass is 10.1. The van der Waals surface area contributed by atoms with Gasteiger partial charge in [-0.2, -0.15) is 13.2 Å². The predicted molar refractivity (Wildman–Crippen MR) is 70.2 cm³/mol. The highest BCUT2D eigenvalue weighted by molar-refractivity contribution is 5.85. The molecule has 0 unspecified atom stereocenters. The van der Waals surface area contributed by atoms with Crippen LogP contribution in [0.25, 0.3) is 10.9 Å². The number of alkyl halides is 3. The molecule has 0 aliphatic carbocycles. The van der Waals surface area contributed by atoms with Crippen molar-refractivity contribution in [2.45, 2.75) is 26.4 Å². The number of fused-ring (bicyclic) bond motifs is 1. The fourth-order valence-electron chi connectivity index (χ4n) is 2.07. The number of hydrogen-bond acceptors (Lipinski definition) is 2. The molecule has 0 saturated heterocycles. The van der Waals surface area contributed by atoms with E-state index in [9.17, 15) is 18.0 Å². The molecule has 20 heavy (non-hydrogen) atoms. The van der Waals surface area contributed by atoms with Gasteiger partial charge in [0.1, 0.15) is 5.75 Å². The van der Waals surface area contributed by atoms with E-state index in [2.05, 4.69) is 4.98 Å². The quantitative estimate of drug-likeness (QED) is 0.939. The summed E-state index contributed by atoms with van der Waals surface area (Å²) in [5, 5.41) is 0.333. The van der Waals surface area contributed by atoms with Gasteiger partial charge in [0.25, 0.3) is 0 Å². The summed E-state index contributed by atoms with van der Waals surface area (Å²) in [4.78, 5) is 15.2. The molecular formula is C14H14F3NO2. The van der Waals surface area contributed by atoms with Crippen LogP contribution in [0.4, 0.5) is 13.2 Å². The summed E-state index contributed by atoms with van der Waals surface area (Å²) >= 11 is 0. The molecule has 1 aromatic heterocycles. The maximum atomic E-state index is 12.2. The first-order valence-electron chi connectivity index (χ1n) is 6.17. The van der Waals surface area contributed by atoms with Crippen LogP contribution in [0.15, 0.2) is 23.0 Å². The molecule has 1 N–H and O–H groups in total. The Hall–Kier alpha value is -1.98. The minimum Gasteiger partial charge on any atom is -0.482 e. The van der Waals surface area contributed by atoms with Gasteiger partial charge in [0.2, 0.25) is 0 Å². The molecule has 108 valence electrons. The summed E-state index contributed by atoms with van der Waals surface area (Å²) in [6.07, 6.45) is -3.83. The number of aromatic amines is 1. The Morgan fingerprint density at radius 2 is 2.00 bits per heavy atom. The van der Waals surface area contributed by atoms with Crippen LogP contribution in [0.3, 0.4) is 0 Å².